The maximum Gasteiger partial charge on any atom is 0.255 e. The van der Waals surface area contributed by atoms with E-state index in [0.29, 0.717) is 12.1 Å². The van der Waals surface area contributed by atoms with E-state index >= 15 is 0 Å². The SMILES string of the molecule is CCNC(=O)c1cccnc1N1CCSCC1. The highest BCUT2D eigenvalue weighted by molar-refractivity contribution is 7.99. The second-order valence-electron chi connectivity index (χ2n) is 3.83. The molecular weight excluding hydrogens is 234 g/mol. The van der Waals surface area contributed by atoms with Crippen LogP contribution in [0, 0.1) is 0 Å². The molecule has 5 heteroatoms. The number of nitrogens with zero attached hydrogens (tertiary/aromatic N) is 2. The molecule has 1 aliphatic rings. The van der Waals surface area contributed by atoms with Crippen LogP contribution in [0.4, 0.5) is 5.82 Å². The fourth-order valence-electron chi connectivity index (χ4n) is 1.86. The average Bonchev–Trinajstić information content (AvgIpc) is 2.40. The summed E-state index contributed by atoms with van der Waals surface area (Å²) < 4.78 is 0. The lowest BCUT2D eigenvalue weighted by Crippen LogP contribution is -2.35. The largest absolute Gasteiger partial charge is 0.354 e. The fraction of sp³-hybridized carbons (Fsp3) is 0.500. The minimum Gasteiger partial charge on any atom is -0.354 e. The first-order chi connectivity index (χ1) is 8.33. The van der Waals surface area contributed by atoms with Crippen LogP contribution in [-0.2, 0) is 0 Å². The summed E-state index contributed by atoms with van der Waals surface area (Å²) in [5, 5.41) is 2.83. The van der Waals surface area contributed by atoms with Crippen molar-refractivity contribution < 1.29 is 4.79 Å². The molecule has 1 fully saturated rings. The number of pyridine rings is 1. The molecule has 0 saturated carbocycles. The van der Waals surface area contributed by atoms with Crippen LogP contribution in [0.25, 0.3) is 0 Å². The van der Waals surface area contributed by atoms with E-state index in [1.807, 2.05) is 30.8 Å². The Morgan fingerprint density at radius 1 is 1.53 bits per heavy atom. The number of nitrogens with one attached hydrogen (secondary N) is 1. The Labute approximate surface area is 106 Å². The van der Waals surface area contributed by atoms with E-state index in [-0.39, 0.29) is 5.91 Å². The number of carbonyl (C=O) groups is 1. The Morgan fingerprint density at radius 2 is 2.29 bits per heavy atom. The maximum absolute atomic E-state index is 11.9. The average molecular weight is 251 g/mol. The lowest BCUT2D eigenvalue weighted by molar-refractivity contribution is 0.0956. The van der Waals surface area contributed by atoms with Gasteiger partial charge in [0.2, 0.25) is 0 Å². The highest BCUT2D eigenvalue weighted by Crippen LogP contribution is 2.20. The molecule has 1 aliphatic heterocycles. The van der Waals surface area contributed by atoms with Gasteiger partial charge in [-0.25, -0.2) is 4.98 Å². The third kappa shape index (κ3) is 2.91. The van der Waals surface area contributed by atoms with Gasteiger partial charge in [-0.1, -0.05) is 0 Å². The summed E-state index contributed by atoms with van der Waals surface area (Å²) in [6.45, 7) is 4.50. The predicted molar refractivity (Wildman–Crippen MR) is 71.8 cm³/mol. The van der Waals surface area contributed by atoms with E-state index in [4.69, 9.17) is 0 Å². The quantitative estimate of drug-likeness (QED) is 0.881. The first-order valence-corrected chi connectivity index (χ1v) is 7.04. The number of anilines is 1. The van der Waals surface area contributed by atoms with E-state index in [2.05, 4.69) is 15.2 Å². The number of hydrogen-bond donors (Lipinski definition) is 1. The van der Waals surface area contributed by atoms with Crippen molar-refractivity contribution in [2.75, 3.05) is 36.0 Å². The molecule has 17 heavy (non-hydrogen) atoms. The summed E-state index contributed by atoms with van der Waals surface area (Å²) in [7, 11) is 0. The van der Waals surface area contributed by atoms with Crippen LogP contribution >= 0.6 is 11.8 Å². The van der Waals surface area contributed by atoms with Crippen LogP contribution < -0.4 is 10.2 Å². The van der Waals surface area contributed by atoms with Crippen LogP contribution in [0.1, 0.15) is 17.3 Å². The molecule has 1 aromatic heterocycles. The van der Waals surface area contributed by atoms with Crippen LogP contribution in [0.5, 0.6) is 0 Å². The molecule has 92 valence electrons. The van der Waals surface area contributed by atoms with Crippen molar-refractivity contribution in [3.05, 3.63) is 23.9 Å². The molecule has 0 unspecified atom stereocenters. The molecule has 4 nitrogen and oxygen atoms in total. The smallest absolute Gasteiger partial charge is 0.255 e. The third-order valence-corrected chi connectivity index (χ3v) is 3.62. The standard InChI is InChI=1S/C12H17N3OS/c1-2-13-12(16)10-4-3-5-14-11(10)15-6-8-17-9-7-15/h3-5H,2,6-9H2,1H3,(H,13,16). The zero-order chi connectivity index (χ0) is 12.1. The Morgan fingerprint density at radius 3 is 3.00 bits per heavy atom. The minimum atomic E-state index is -0.0335. The van der Waals surface area contributed by atoms with Crippen LogP contribution in [0.15, 0.2) is 18.3 Å². The van der Waals surface area contributed by atoms with Gasteiger partial charge in [0.25, 0.3) is 5.91 Å². The zero-order valence-electron chi connectivity index (χ0n) is 9.98. The number of rotatable bonds is 3. The van der Waals surface area contributed by atoms with Gasteiger partial charge < -0.3 is 10.2 Å². The second kappa shape index (κ2) is 5.91. The summed E-state index contributed by atoms with van der Waals surface area (Å²) in [6, 6.07) is 3.65. The van der Waals surface area contributed by atoms with Crippen molar-refractivity contribution in [3.63, 3.8) is 0 Å². The van der Waals surface area contributed by atoms with Crippen LogP contribution in [0.2, 0.25) is 0 Å². The maximum atomic E-state index is 11.9. The van der Waals surface area contributed by atoms with Gasteiger partial charge in [-0.15, -0.1) is 0 Å². The molecule has 1 N–H and O–H groups in total. The van der Waals surface area contributed by atoms with Crippen LogP contribution in [0.3, 0.4) is 0 Å². The monoisotopic (exact) mass is 251 g/mol. The molecule has 1 amide bonds. The Hall–Kier alpha value is -1.23. The normalized spacial score (nSPS) is 15.7. The number of hydrogen-bond acceptors (Lipinski definition) is 4. The van der Waals surface area contributed by atoms with Crippen molar-refractivity contribution in [2.24, 2.45) is 0 Å². The van der Waals surface area contributed by atoms with Crippen molar-refractivity contribution in [1.29, 1.82) is 0 Å². The summed E-state index contributed by atoms with van der Waals surface area (Å²) in [4.78, 5) is 18.5. The molecule has 1 saturated heterocycles. The molecule has 0 spiro atoms. The molecule has 2 rings (SSSR count). The van der Waals surface area contributed by atoms with Crippen LogP contribution in [-0.4, -0.2) is 42.0 Å². The second-order valence-corrected chi connectivity index (χ2v) is 5.06. The molecular formula is C12H17N3OS. The molecule has 2 heterocycles. The third-order valence-electron chi connectivity index (χ3n) is 2.68. The molecule has 0 aliphatic carbocycles. The first kappa shape index (κ1) is 12.2. The predicted octanol–water partition coefficient (Wildman–Crippen LogP) is 1.38. The Bertz CT molecular complexity index is 391. The van der Waals surface area contributed by atoms with Gasteiger partial charge in [0.15, 0.2) is 0 Å². The Balaban J connectivity index is 2.23. The lowest BCUT2D eigenvalue weighted by atomic mass is 10.2. The van der Waals surface area contributed by atoms with Gasteiger partial charge in [0.1, 0.15) is 5.82 Å². The van der Waals surface area contributed by atoms with Crippen molar-refractivity contribution in [3.8, 4) is 0 Å². The van der Waals surface area contributed by atoms with Gasteiger partial charge in [0.05, 0.1) is 5.56 Å². The topological polar surface area (TPSA) is 45.2 Å². The van der Waals surface area contributed by atoms with Crippen molar-refractivity contribution in [2.45, 2.75) is 6.92 Å². The van der Waals surface area contributed by atoms with Gasteiger partial charge >= 0.3 is 0 Å². The van der Waals surface area contributed by atoms with Gasteiger partial charge in [-0.05, 0) is 19.1 Å². The molecule has 0 atom stereocenters. The van der Waals surface area contributed by atoms with E-state index in [1.165, 1.54) is 0 Å². The number of carbonyl (C=O) groups excluding carboxylic acids is 1. The molecule has 0 bridgehead atoms. The van der Waals surface area contributed by atoms with Gasteiger partial charge in [-0.3, -0.25) is 4.79 Å². The van der Waals surface area contributed by atoms with Crippen molar-refractivity contribution in [1.82, 2.24) is 10.3 Å². The molecule has 1 aromatic rings. The van der Waals surface area contributed by atoms with E-state index in [1.54, 1.807) is 6.20 Å². The number of aromatic nitrogens is 1. The summed E-state index contributed by atoms with van der Waals surface area (Å²) in [6.07, 6.45) is 1.75. The highest BCUT2D eigenvalue weighted by Gasteiger charge is 2.18. The molecule has 0 aromatic carbocycles. The highest BCUT2D eigenvalue weighted by atomic mass is 32.2. The number of thioether (sulfide) groups is 1. The number of amides is 1. The minimum absolute atomic E-state index is 0.0335. The summed E-state index contributed by atoms with van der Waals surface area (Å²) >= 11 is 1.95. The van der Waals surface area contributed by atoms with E-state index in [9.17, 15) is 4.79 Å². The van der Waals surface area contributed by atoms with Crippen molar-refractivity contribution >= 4 is 23.5 Å². The van der Waals surface area contributed by atoms with Gasteiger partial charge in [-0.2, -0.15) is 11.8 Å². The summed E-state index contributed by atoms with van der Waals surface area (Å²) in [5.74, 6) is 2.99. The summed E-state index contributed by atoms with van der Waals surface area (Å²) in [5.41, 5.74) is 0.682. The Kier molecular flexibility index (Phi) is 4.25. The lowest BCUT2D eigenvalue weighted by Gasteiger charge is -2.28. The van der Waals surface area contributed by atoms with E-state index in [0.717, 1.165) is 30.4 Å². The zero-order valence-corrected chi connectivity index (χ0v) is 10.8. The van der Waals surface area contributed by atoms with E-state index < -0.39 is 0 Å². The fourth-order valence-corrected chi connectivity index (χ4v) is 2.76. The first-order valence-electron chi connectivity index (χ1n) is 5.89. The van der Waals surface area contributed by atoms with Gasteiger partial charge in [0, 0.05) is 37.3 Å². The molecule has 0 radical (unpaired) electrons.